The third kappa shape index (κ3) is 7.77. The summed E-state index contributed by atoms with van der Waals surface area (Å²) in [5.41, 5.74) is -0.0594. The average Bonchev–Trinajstić information content (AvgIpc) is 2.13. The summed E-state index contributed by atoms with van der Waals surface area (Å²) in [6.07, 6.45) is 1.06. The standard InChI is InChI=1S/C12H27NO2/c1-10(7-8-14-6)11(13-5)9-15-12(2,3)4/h10-11,13H,7-9H2,1-6H3. The zero-order chi connectivity index (χ0) is 11.9. The lowest BCUT2D eigenvalue weighted by molar-refractivity contribution is -0.0217. The van der Waals surface area contributed by atoms with Crippen molar-refractivity contribution in [2.45, 2.75) is 45.8 Å². The van der Waals surface area contributed by atoms with Gasteiger partial charge in [0.25, 0.3) is 0 Å². The van der Waals surface area contributed by atoms with Crippen LogP contribution in [-0.2, 0) is 9.47 Å². The average molecular weight is 217 g/mol. The van der Waals surface area contributed by atoms with Gasteiger partial charge in [-0.25, -0.2) is 0 Å². The Kier molecular flexibility index (Phi) is 7.14. The third-order valence-corrected chi connectivity index (χ3v) is 2.53. The fourth-order valence-corrected chi connectivity index (χ4v) is 1.38. The smallest absolute Gasteiger partial charge is 0.0629 e. The minimum Gasteiger partial charge on any atom is -0.385 e. The van der Waals surface area contributed by atoms with Gasteiger partial charge >= 0.3 is 0 Å². The molecule has 0 aliphatic heterocycles. The van der Waals surface area contributed by atoms with Crippen molar-refractivity contribution in [3.8, 4) is 0 Å². The molecule has 0 radical (unpaired) electrons. The number of hydrogen-bond acceptors (Lipinski definition) is 3. The summed E-state index contributed by atoms with van der Waals surface area (Å²) in [5, 5.41) is 3.30. The second-order valence-electron chi connectivity index (χ2n) is 5.08. The van der Waals surface area contributed by atoms with Crippen LogP contribution in [0.1, 0.15) is 34.1 Å². The van der Waals surface area contributed by atoms with Crippen molar-refractivity contribution in [2.24, 2.45) is 5.92 Å². The van der Waals surface area contributed by atoms with Crippen LogP contribution in [0, 0.1) is 5.92 Å². The van der Waals surface area contributed by atoms with Crippen molar-refractivity contribution in [2.75, 3.05) is 27.4 Å². The van der Waals surface area contributed by atoms with Gasteiger partial charge in [0.15, 0.2) is 0 Å². The van der Waals surface area contributed by atoms with Crippen molar-refractivity contribution in [3.63, 3.8) is 0 Å². The van der Waals surface area contributed by atoms with E-state index in [1.165, 1.54) is 0 Å². The molecule has 0 rings (SSSR count). The molecule has 92 valence electrons. The largest absolute Gasteiger partial charge is 0.385 e. The zero-order valence-corrected chi connectivity index (χ0v) is 11.1. The highest BCUT2D eigenvalue weighted by Gasteiger charge is 2.19. The van der Waals surface area contributed by atoms with Crippen molar-refractivity contribution in [3.05, 3.63) is 0 Å². The summed E-state index contributed by atoms with van der Waals surface area (Å²) >= 11 is 0. The first kappa shape index (κ1) is 14.9. The second kappa shape index (κ2) is 7.20. The van der Waals surface area contributed by atoms with Gasteiger partial charge in [-0.2, -0.15) is 0 Å². The quantitative estimate of drug-likeness (QED) is 0.708. The van der Waals surface area contributed by atoms with Crippen LogP contribution in [0.5, 0.6) is 0 Å². The monoisotopic (exact) mass is 217 g/mol. The van der Waals surface area contributed by atoms with Gasteiger partial charge < -0.3 is 14.8 Å². The van der Waals surface area contributed by atoms with Gasteiger partial charge in [0.05, 0.1) is 12.2 Å². The minimum atomic E-state index is -0.0594. The minimum absolute atomic E-state index is 0.0594. The molecule has 0 aromatic rings. The molecule has 1 N–H and O–H groups in total. The molecule has 0 aromatic heterocycles. The predicted octanol–water partition coefficient (Wildman–Crippen LogP) is 2.06. The van der Waals surface area contributed by atoms with E-state index in [2.05, 4.69) is 33.0 Å². The first-order valence-electron chi connectivity index (χ1n) is 5.71. The topological polar surface area (TPSA) is 30.5 Å². The fraction of sp³-hybridized carbons (Fsp3) is 1.00. The van der Waals surface area contributed by atoms with Crippen LogP contribution in [0.3, 0.4) is 0 Å². The number of hydrogen-bond donors (Lipinski definition) is 1. The van der Waals surface area contributed by atoms with Gasteiger partial charge in [-0.3, -0.25) is 0 Å². The van der Waals surface area contributed by atoms with Gasteiger partial charge in [0.2, 0.25) is 0 Å². The third-order valence-electron chi connectivity index (χ3n) is 2.53. The molecule has 0 aliphatic carbocycles. The fourth-order valence-electron chi connectivity index (χ4n) is 1.38. The zero-order valence-electron chi connectivity index (χ0n) is 11.1. The summed E-state index contributed by atoms with van der Waals surface area (Å²) in [5.74, 6) is 0.567. The number of likely N-dealkylation sites (N-methyl/N-ethyl adjacent to an activating group) is 1. The molecule has 0 bridgehead atoms. The van der Waals surface area contributed by atoms with E-state index in [9.17, 15) is 0 Å². The molecule has 0 fully saturated rings. The summed E-state index contributed by atoms with van der Waals surface area (Å²) < 4.78 is 10.9. The lowest BCUT2D eigenvalue weighted by Crippen LogP contribution is -2.39. The lowest BCUT2D eigenvalue weighted by atomic mass is 9.99. The normalized spacial score (nSPS) is 16.4. The maximum absolute atomic E-state index is 5.78. The van der Waals surface area contributed by atoms with E-state index in [0.717, 1.165) is 19.6 Å². The van der Waals surface area contributed by atoms with Crippen molar-refractivity contribution >= 4 is 0 Å². The van der Waals surface area contributed by atoms with Gasteiger partial charge in [-0.15, -0.1) is 0 Å². The van der Waals surface area contributed by atoms with E-state index in [1.807, 2.05) is 7.05 Å². The molecule has 15 heavy (non-hydrogen) atoms. The molecular weight excluding hydrogens is 190 g/mol. The van der Waals surface area contributed by atoms with Gasteiger partial charge in [-0.1, -0.05) is 6.92 Å². The summed E-state index contributed by atoms with van der Waals surface area (Å²) in [7, 11) is 3.73. The Morgan fingerprint density at radius 3 is 2.27 bits per heavy atom. The highest BCUT2D eigenvalue weighted by molar-refractivity contribution is 4.73. The molecule has 0 saturated heterocycles. The Bertz CT molecular complexity index is 154. The van der Waals surface area contributed by atoms with Crippen molar-refractivity contribution < 1.29 is 9.47 Å². The molecule has 2 atom stereocenters. The predicted molar refractivity (Wildman–Crippen MR) is 64.2 cm³/mol. The highest BCUT2D eigenvalue weighted by Crippen LogP contribution is 2.13. The molecule has 3 heteroatoms. The SMILES string of the molecule is CNC(COC(C)(C)C)C(C)CCOC. The molecule has 0 heterocycles. The highest BCUT2D eigenvalue weighted by atomic mass is 16.5. The van der Waals surface area contributed by atoms with Crippen molar-refractivity contribution in [1.29, 1.82) is 0 Å². The van der Waals surface area contributed by atoms with E-state index < -0.39 is 0 Å². The maximum Gasteiger partial charge on any atom is 0.0629 e. The Labute approximate surface area is 94.5 Å². The summed E-state index contributed by atoms with van der Waals surface area (Å²) in [6.45, 7) is 10.0. The molecule has 0 amide bonds. The van der Waals surface area contributed by atoms with Gasteiger partial charge in [-0.05, 0) is 40.2 Å². The Balaban J connectivity index is 3.90. The summed E-state index contributed by atoms with van der Waals surface area (Å²) in [6, 6.07) is 0.402. The van der Waals surface area contributed by atoms with Gasteiger partial charge in [0, 0.05) is 19.8 Å². The molecule has 0 spiro atoms. The first-order chi connectivity index (χ1) is 6.90. The Hall–Kier alpha value is -0.120. The van der Waals surface area contributed by atoms with Crippen molar-refractivity contribution in [1.82, 2.24) is 5.32 Å². The van der Waals surface area contributed by atoms with E-state index in [0.29, 0.717) is 12.0 Å². The van der Waals surface area contributed by atoms with E-state index in [-0.39, 0.29) is 5.60 Å². The van der Waals surface area contributed by atoms with Crippen LogP contribution in [0.4, 0.5) is 0 Å². The number of methoxy groups -OCH3 is 1. The van der Waals surface area contributed by atoms with E-state index in [4.69, 9.17) is 9.47 Å². The lowest BCUT2D eigenvalue weighted by Gasteiger charge is -2.28. The molecule has 0 saturated carbocycles. The van der Waals surface area contributed by atoms with Crippen LogP contribution < -0.4 is 5.32 Å². The second-order valence-corrected chi connectivity index (χ2v) is 5.08. The van der Waals surface area contributed by atoms with Gasteiger partial charge in [0.1, 0.15) is 0 Å². The number of rotatable bonds is 7. The molecule has 2 unspecified atom stereocenters. The van der Waals surface area contributed by atoms with Crippen LogP contribution in [0.2, 0.25) is 0 Å². The molecular formula is C12H27NO2. The molecule has 3 nitrogen and oxygen atoms in total. The number of nitrogens with one attached hydrogen (secondary N) is 1. The molecule has 0 aliphatic rings. The number of ether oxygens (including phenoxy) is 2. The first-order valence-corrected chi connectivity index (χ1v) is 5.71. The van der Waals surface area contributed by atoms with Crippen LogP contribution in [-0.4, -0.2) is 39.0 Å². The maximum atomic E-state index is 5.78. The van der Waals surface area contributed by atoms with Crippen LogP contribution in [0.25, 0.3) is 0 Å². The summed E-state index contributed by atoms with van der Waals surface area (Å²) in [4.78, 5) is 0. The Morgan fingerprint density at radius 1 is 1.27 bits per heavy atom. The van der Waals surface area contributed by atoms with E-state index >= 15 is 0 Å². The Morgan fingerprint density at radius 2 is 1.87 bits per heavy atom. The molecule has 0 aromatic carbocycles. The van der Waals surface area contributed by atoms with Crippen LogP contribution >= 0.6 is 0 Å². The van der Waals surface area contributed by atoms with Crippen LogP contribution in [0.15, 0.2) is 0 Å². The van der Waals surface area contributed by atoms with E-state index in [1.54, 1.807) is 7.11 Å².